The molecule has 0 spiro atoms. The van der Waals surface area contributed by atoms with E-state index in [1.165, 1.54) is 22.5 Å². The van der Waals surface area contributed by atoms with E-state index in [4.69, 9.17) is 11.6 Å². The molecule has 1 aliphatic carbocycles. The maximum atomic E-state index is 12.3. The minimum atomic E-state index is -0.0650. The number of carbonyl (C=O) groups excluding carboxylic acids is 1. The average molecular weight is 292 g/mol. The van der Waals surface area contributed by atoms with Gasteiger partial charge in [-0.05, 0) is 41.8 Å². The zero-order valence-corrected chi connectivity index (χ0v) is 12.1. The van der Waals surface area contributed by atoms with Crippen molar-refractivity contribution < 1.29 is 4.79 Å². The molecular formula is C15H14ClNOS. The molecule has 1 atom stereocenters. The third kappa shape index (κ3) is 2.28. The van der Waals surface area contributed by atoms with Crippen molar-refractivity contribution in [3.8, 4) is 0 Å². The smallest absolute Gasteiger partial charge is 0.263 e. The van der Waals surface area contributed by atoms with Gasteiger partial charge in [0.1, 0.15) is 4.88 Å². The fourth-order valence-corrected chi connectivity index (χ4v) is 3.70. The number of aryl methyl sites for hydroxylation is 2. The van der Waals surface area contributed by atoms with Crippen molar-refractivity contribution in [2.24, 2.45) is 0 Å². The lowest BCUT2D eigenvalue weighted by molar-refractivity contribution is 0.0941. The quantitative estimate of drug-likeness (QED) is 0.886. The number of carbonyl (C=O) groups is 1. The number of thiophene rings is 1. The molecule has 3 rings (SSSR count). The molecule has 0 bridgehead atoms. The van der Waals surface area contributed by atoms with E-state index in [9.17, 15) is 4.79 Å². The van der Waals surface area contributed by atoms with E-state index in [0.29, 0.717) is 9.90 Å². The second-order valence-corrected chi connectivity index (χ2v) is 6.08. The van der Waals surface area contributed by atoms with Crippen LogP contribution in [0.1, 0.15) is 38.8 Å². The molecule has 1 N–H and O–H groups in total. The van der Waals surface area contributed by atoms with E-state index in [1.807, 2.05) is 24.4 Å². The molecule has 1 aliphatic rings. The summed E-state index contributed by atoms with van der Waals surface area (Å²) in [5.41, 5.74) is 3.53. The maximum absolute atomic E-state index is 12.3. The average Bonchev–Trinajstić information content (AvgIpc) is 2.96. The Labute approximate surface area is 121 Å². The van der Waals surface area contributed by atoms with Crippen LogP contribution >= 0.6 is 22.9 Å². The number of benzene rings is 1. The van der Waals surface area contributed by atoms with Crippen molar-refractivity contribution in [1.82, 2.24) is 5.32 Å². The van der Waals surface area contributed by atoms with Crippen LogP contribution in [0.15, 0.2) is 29.6 Å². The maximum Gasteiger partial charge on any atom is 0.263 e. The van der Waals surface area contributed by atoms with Gasteiger partial charge < -0.3 is 5.32 Å². The molecule has 1 unspecified atom stereocenters. The Bertz CT molecular complexity index is 635. The Hall–Kier alpha value is -1.32. The van der Waals surface area contributed by atoms with Crippen LogP contribution in [0.4, 0.5) is 0 Å². The minimum absolute atomic E-state index is 0.0650. The highest BCUT2D eigenvalue weighted by atomic mass is 35.5. The summed E-state index contributed by atoms with van der Waals surface area (Å²) in [4.78, 5) is 12.9. The van der Waals surface area contributed by atoms with E-state index < -0.39 is 0 Å². The van der Waals surface area contributed by atoms with E-state index >= 15 is 0 Å². The van der Waals surface area contributed by atoms with Crippen molar-refractivity contribution in [3.05, 3.63) is 56.2 Å². The highest BCUT2D eigenvalue weighted by molar-refractivity contribution is 7.13. The van der Waals surface area contributed by atoms with Gasteiger partial charge in [0.15, 0.2) is 0 Å². The Kier molecular flexibility index (Phi) is 3.33. The van der Waals surface area contributed by atoms with Gasteiger partial charge in [0.25, 0.3) is 5.91 Å². The van der Waals surface area contributed by atoms with Gasteiger partial charge in [0.2, 0.25) is 0 Å². The van der Waals surface area contributed by atoms with Crippen molar-refractivity contribution in [2.45, 2.75) is 25.8 Å². The number of nitrogens with one attached hydrogen (secondary N) is 1. The lowest BCUT2D eigenvalue weighted by Gasteiger charge is -2.13. The van der Waals surface area contributed by atoms with Gasteiger partial charge in [-0.15, -0.1) is 11.3 Å². The summed E-state index contributed by atoms with van der Waals surface area (Å²) in [5.74, 6) is -0.0650. The number of fused-ring (bicyclic) bond motifs is 1. The molecule has 0 fully saturated rings. The summed E-state index contributed by atoms with van der Waals surface area (Å²) in [6.07, 6.45) is 1.99. The summed E-state index contributed by atoms with van der Waals surface area (Å²) in [6.45, 7) is 1.92. The van der Waals surface area contributed by atoms with Crippen molar-refractivity contribution in [2.75, 3.05) is 0 Å². The Balaban J connectivity index is 1.80. The van der Waals surface area contributed by atoms with Gasteiger partial charge in [-0.25, -0.2) is 0 Å². The largest absolute Gasteiger partial charge is 0.344 e. The molecule has 1 heterocycles. The summed E-state index contributed by atoms with van der Waals surface area (Å²) < 4.78 is 0. The van der Waals surface area contributed by atoms with E-state index in [0.717, 1.165) is 18.4 Å². The van der Waals surface area contributed by atoms with Gasteiger partial charge in [0, 0.05) is 0 Å². The molecule has 0 aliphatic heterocycles. The standard InChI is InChI=1S/C15H14ClNOS/c1-9-8-19-14(13(9)16)15(18)17-12-7-6-10-4-2-3-5-11(10)12/h2-5,8,12H,6-7H2,1H3,(H,17,18). The van der Waals surface area contributed by atoms with Crippen LogP contribution in [0.5, 0.6) is 0 Å². The Morgan fingerprint density at radius 2 is 2.21 bits per heavy atom. The third-order valence-electron chi connectivity index (χ3n) is 3.54. The SMILES string of the molecule is Cc1csc(C(=O)NC2CCc3ccccc32)c1Cl. The first-order chi connectivity index (χ1) is 9.16. The van der Waals surface area contributed by atoms with Gasteiger partial charge in [-0.2, -0.15) is 0 Å². The summed E-state index contributed by atoms with van der Waals surface area (Å²) >= 11 is 7.54. The molecule has 2 aromatic rings. The van der Waals surface area contributed by atoms with Gasteiger partial charge in [-0.3, -0.25) is 4.79 Å². The van der Waals surface area contributed by atoms with Gasteiger partial charge in [0.05, 0.1) is 11.1 Å². The molecule has 1 aromatic carbocycles. The van der Waals surface area contributed by atoms with Crippen LogP contribution in [-0.2, 0) is 6.42 Å². The minimum Gasteiger partial charge on any atom is -0.344 e. The first-order valence-electron chi connectivity index (χ1n) is 6.29. The Morgan fingerprint density at radius 3 is 2.95 bits per heavy atom. The lowest BCUT2D eigenvalue weighted by atomic mass is 10.1. The van der Waals surface area contributed by atoms with Crippen LogP contribution < -0.4 is 5.32 Å². The predicted molar refractivity (Wildman–Crippen MR) is 79.0 cm³/mol. The van der Waals surface area contributed by atoms with E-state index in [1.54, 1.807) is 0 Å². The van der Waals surface area contributed by atoms with Crippen molar-refractivity contribution in [3.63, 3.8) is 0 Å². The van der Waals surface area contributed by atoms with Gasteiger partial charge in [-0.1, -0.05) is 35.9 Å². The fraction of sp³-hybridized carbons (Fsp3) is 0.267. The predicted octanol–water partition coefficient (Wildman–Crippen LogP) is 4.13. The van der Waals surface area contributed by atoms with E-state index in [2.05, 4.69) is 17.4 Å². The van der Waals surface area contributed by atoms with Crippen LogP contribution in [0.2, 0.25) is 5.02 Å². The molecule has 98 valence electrons. The summed E-state index contributed by atoms with van der Waals surface area (Å²) in [6, 6.07) is 8.40. The van der Waals surface area contributed by atoms with Crippen molar-refractivity contribution in [1.29, 1.82) is 0 Å². The summed E-state index contributed by atoms with van der Waals surface area (Å²) in [5, 5.41) is 5.59. The van der Waals surface area contributed by atoms with Crippen LogP contribution in [0.3, 0.4) is 0 Å². The zero-order valence-electron chi connectivity index (χ0n) is 10.6. The third-order valence-corrected chi connectivity index (χ3v) is 5.24. The first kappa shape index (κ1) is 12.7. The number of amides is 1. The molecule has 1 aromatic heterocycles. The normalized spacial score (nSPS) is 17.3. The monoisotopic (exact) mass is 291 g/mol. The molecule has 1 amide bonds. The molecule has 0 saturated heterocycles. The van der Waals surface area contributed by atoms with Crippen LogP contribution in [0.25, 0.3) is 0 Å². The van der Waals surface area contributed by atoms with Gasteiger partial charge >= 0.3 is 0 Å². The highest BCUT2D eigenvalue weighted by Crippen LogP contribution is 2.32. The van der Waals surface area contributed by atoms with Crippen LogP contribution in [0, 0.1) is 6.92 Å². The van der Waals surface area contributed by atoms with Crippen molar-refractivity contribution >= 4 is 28.8 Å². The molecular weight excluding hydrogens is 278 g/mol. The molecule has 2 nitrogen and oxygen atoms in total. The Morgan fingerprint density at radius 1 is 1.42 bits per heavy atom. The number of hydrogen-bond acceptors (Lipinski definition) is 2. The number of rotatable bonds is 2. The van der Waals surface area contributed by atoms with Crippen LogP contribution in [-0.4, -0.2) is 5.91 Å². The van der Waals surface area contributed by atoms with E-state index in [-0.39, 0.29) is 11.9 Å². The highest BCUT2D eigenvalue weighted by Gasteiger charge is 2.25. The molecule has 0 radical (unpaired) electrons. The number of hydrogen-bond donors (Lipinski definition) is 1. The lowest BCUT2D eigenvalue weighted by Crippen LogP contribution is -2.26. The fourth-order valence-electron chi connectivity index (χ4n) is 2.51. The molecule has 0 saturated carbocycles. The molecule has 4 heteroatoms. The summed E-state index contributed by atoms with van der Waals surface area (Å²) in [7, 11) is 0. The first-order valence-corrected chi connectivity index (χ1v) is 7.55. The zero-order chi connectivity index (χ0) is 13.4. The second kappa shape index (κ2) is 4.99. The molecule has 19 heavy (non-hydrogen) atoms. The number of halogens is 1. The second-order valence-electron chi connectivity index (χ2n) is 4.83. The topological polar surface area (TPSA) is 29.1 Å².